The minimum absolute atomic E-state index is 0.0105. The van der Waals surface area contributed by atoms with Crippen LogP contribution in [0.2, 0.25) is 10.0 Å². The monoisotopic (exact) mass is 603 g/mol. The van der Waals surface area contributed by atoms with E-state index in [2.05, 4.69) is 5.32 Å². The van der Waals surface area contributed by atoms with E-state index in [1.54, 1.807) is 55.5 Å². The van der Waals surface area contributed by atoms with Gasteiger partial charge in [-0.3, -0.25) is 13.9 Å². The number of aryl methyl sites for hydroxylation is 2. The van der Waals surface area contributed by atoms with Crippen molar-refractivity contribution >= 4 is 50.7 Å². The Balaban J connectivity index is 2.02. The average molecular weight is 605 g/mol. The summed E-state index contributed by atoms with van der Waals surface area (Å²) in [5, 5.41) is 3.64. The molecule has 0 aliphatic carbocycles. The molecule has 3 aromatic carbocycles. The molecule has 0 heterocycles. The van der Waals surface area contributed by atoms with Crippen molar-refractivity contribution in [2.24, 2.45) is 0 Å². The maximum Gasteiger partial charge on any atom is 0.264 e. The SMILES string of the molecule is CCCCNC(=O)[C@@H](C)N(Cc1ccc(Cl)cc1Cl)C(=O)CN(c1cccc(C)c1)S(=O)(=O)c1ccc(C)cc1. The summed E-state index contributed by atoms with van der Waals surface area (Å²) in [6.45, 7) is 7.29. The van der Waals surface area contributed by atoms with Gasteiger partial charge in [0.2, 0.25) is 11.8 Å². The summed E-state index contributed by atoms with van der Waals surface area (Å²) in [4.78, 5) is 28.4. The number of nitrogens with one attached hydrogen (secondary N) is 1. The molecule has 0 unspecified atom stereocenters. The van der Waals surface area contributed by atoms with Crippen LogP contribution in [0.25, 0.3) is 0 Å². The van der Waals surface area contributed by atoms with Gasteiger partial charge in [0.25, 0.3) is 10.0 Å². The van der Waals surface area contributed by atoms with E-state index in [4.69, 9.17) is 23.2 Å². The van der Waals surface area contributed by atoms with Crippen LogP contribution in [-0.2, 0) is 26.2 Å². The fourth-order valence-electron chi connectivity index (χ4n) is 4.10. The summed E-state index contributed by atoms with van der Waals surface area (Å²) >= 11 is 12.5. The van der Waals surface area contributed by atoms with E-state index in [-0.39, 0.29) is 17.3 Å². The predicted octanol–water partition coefficient (Wildman–Crippen LogP) is 6.14. The van der Waals surface area contributed by atoms with Crippen molar-refractivity contribution in [3.8, 4) is 0 Å². The minimum Gasteiger partial charge on any atom is -0.354 e. The topological polar surface area (TPSA) is 86.8 Å². The summed E-state index contributed by atoms with van der Waals surface area (Å²) in [6, 6.07) is 17.4. The Bertz CT molecular complexity index is 1450. The lowest BCUT2D eigenvalue weighted by molar-refractivity contribution is -0.139. The number of halogens is 2. The lowest BCUT2D eigenvalue weighted by Crippen LogP contribution is -2.51. The maximum atomic E-state index is 14.0. The fourth-order valence-corrected chi connectivity index (χ4v) is 5.98. The molecule has 0 aromatic heterocycles. The number of benzene rings is 3. The molecule has 7 nitrogen and oxygen atoms in total. The Kier molecular flexibility index (Phi) is 11.0. The Morgan fingerprint density at radius 3 is 2.27 bits per heavy atom. The largest absolute Gasteiger partial charge is 0.354 e. The van der Waals surface area contributed by atoms with Gasteiger partial charge in [-0.05, 0) is 74.7 Å². The molecule has 0 bridgehead atoms. The molecule has 3 aromatic rings. The Labute approximate surface area is 247 Å². The highest BCUT2D eigenvalue weighted by Crippen LogP contribution is 2.27. The van der Waals surface area contributed by atoms with E-state index in [0.717, 1.165) is 28.3 Å². The van der Waals surface area contributed by atoms with Crippen molar-refractivity contribution in [2.75, 3.05) is 17.4 Å². The molecule has 40 heavy (non-hydrogen) atoms. The molecule has 2 amide bonds. The molecular weight excluding hydrogens is 569 g/mol. The number of sulfonamides is 1. The number of hydrogen-bond acceptors (Lipinski definition) is 4. The third-order valence-electron chi connectivity index (χ3n) is 6.53. The van der Waals surface area contributed by atoms with Crippen LogP contribution >= 0.6 is 23.2 Å². The van der Waals surface area contributed by atoms with E-state index in [9.17, 15) is 18.0 Å². The summed E-state index contributed by atoms with van der Waals surface area (Å²) < 4.78 is 28.9. The van der Waals surface area contributed by atoms with Gasteiger partial charge in [0, 0.05) is 23.1 Å². The zero-order chi connectivity index (χ0) is 29.4. The van der Waals surface area contributed by atoms with Gasteiger partial charge in [-0.25, -0.2) is 8.42 Å². The molecule has 0 aliphatic heterocycles. The molecule has 0 aliphatic rings. The summed E-state index contributed by atoms with van der Waals surface area (Å²) in [7, 11) is -4.12. The Morgan fingerprint density at radius 1 is 0.950 bits per heavy atom. The van der Waals surface area contributed by atoms with Crippen LogP contribution in [0.5, 0.6) is 0 Å². The second kappa shape index (κ2) is 14.0. The van der Waals surface area contributed by atoms with E-state index < -0.39 is 28.5 Å². The van der Waals surface area contributed by atoms with Crippen LogP contribution in [-0.4, -0.2) is 44.3 Å². The molecule has 10 heteroatoms. The van der Waals surface area contributed by atoms with Gasteiger partial charge in [-0.1, -0.05) is 72.4 Å². The van der Waals surface area contributed by atoms with Crippen LogP contribution in [0.1, 0.15) is 43.4 Å². The molecule has 0 fully saturated rings. The van der Waals surface area contributed by atoms with Crippen LogP contribution in [0.15, 0.2) is 71.6 Å². The smallest absolute Gasteiger partial charge is 0.264 e. The third kappa shape index (κ3) is 7.99. The zero-order valence-corrected chi connectivity index (χ0v) is 25.5. The molecule has 1 N–H and O–H groups in total. The second-order valence-corrected chi connectivity index (χ2v) is 12.4. The number of anilines is 1. The van der Waals surface area contributed by atoms with Gasteiger partial charge in [-0.2, -0.15) is 0 Å². The van der Waals surface area contributed by atoms with Crippen molar-refractivity contribution in [1.29, 1.82) is 0 Å². The highest BCUT2D eigenvalue weighted by atomic mass is 35.5. The molecule has 0 saturated heterocycles. The van der Waals surface area contributed by atoms with Crippen LogP contribution in [0.4, 0.5) is 5.69 Å². The lowest BCUT2D eigenvalue weighted by atomic mass is 10.1. The van der Waals surface area contributed by atoms with Crippen molar-refractivity contribution in [3.05, 3.63) is 93.5 Å². The average Bonchev–Trinajstić information content (AvgIpc) is 2.91. The number of hydrogen-bond donors (Lipinski definition) is 1. The molecule has 0 saturated carbocycles. The van der Waals surface area contributed by atoms with Crippen LogP contribution in [0, 0.1) is 13.8 Å². The highest BCUT2D eigenvalue weighted by molar-refractivity contribution is 7.92. The first kappa shape index (κ1) is 31.5. The first-order valence-corrected chi connectivity index (χ1v) is 15.3. The van der Waals surface area contributed by atoms with E-state index in [1.165, 1.54) is 17.0 Å². The Morgan fingerprint density at radius 2 is 1.65 bits per heavy atom. The van der Waals surface area contributed by atoms with Crippen molar-refractivity contribution < 1.29 is 18.0 Å². The molecule has 0 spiro atoms. The van der Waals surface area contributed by atoms with Gasteiger partial charge in [0.1, 0.15) is 12.6 Å². The number of carbonyl (C=O) groups is 2. The maximum absolute atomic E-state index is 14.0. The zero-order valence-electron chi connectivity index (χ0n) is 23.2. The van der Waals surface area contributed by atoms with Crippen molar-refractivity contribution in [2.45, 2.75) is 58.0 Å². The van der Waals surface area contributed by atoms with Crippen LogP contribution < -0.4 is 9.62 Å². The lowest BCUT2D eigenvalue weighted by Gasteiger charge is -2.32. The van der Waals surface area contributed by atoms with E-state index >= 15 is 0 Å². The van der Waals surface area contributed by atoms with E-state index in [0.29, 0.717) is 27.8 Å². The number of rotatable bonds is 12. The fraction of sp³-hybridized carbons (Fsp3) is 0.333. The van der Waals surface area contributed by atoms with Crippen LogP contribution in [0.3, 0.4) is 0 Å². The number of carbonyl (C=O) groups excluding carboxylic acids is 2. The number of nitrogens with zero attached hydrogens (tertiary/aromatic N) is 2. The predicted molar refractivity (Wildman–Crippen MR) is 161 cm³/mol. The standard InChI is InChI=1S/C30H35Cl2N3O4S/c1-5-6-16-33-30(37)23(4)34(19-24-12-13-25(31)18-28(24)32)29(36)20-35(26-9-7-8-22(3)17-26)40(38,39)27-14-10-21(2)11-15-27/h7-15,17-18,23H,5-6,16,19-20H2,1-4H3,(H,33,37)/t23-/m1/s1. The van der Waals surface area contributed by atoms with Gasteiger partial charge in [-0.15, -0.1) is 0 Å². The molecule has 0 radical (unpaired) electrons. The van der Waals surface area contributed by atoms with Crippen molar-refractivity contribution in [3.63, 3.8) is 0 Å². The molecule has 1 atom stereocenters. The minimum atomic E-state index is -4.12. The van der Waals surface area contributed by atoms with Crippen molar-refractivity contribution in [1.82, 2.24) is 10.2 Å². The molecule has 214 valence electrons. The summed E-state index contributed by atoms with van der Waals surface area (Å²) in [6.07, 6.45) is 1.70. The third-order valence-corrected chi connectivity index (χ3v) is 8.91. The quantitative estimate of drug-likeness (QED) is 0.252. The van der Waals surface area contributed by atoms with Gasteiger partial charge < -0.3 is 10.2 Å². The molecule has 3 rings (SSSR count). The first-order valence-electron chi connectivity index (χ1n) is 13.1. The molecular formula is C30H35Cl2N3O4S. The van der Waals surface area contributed by atoms with Gasteiger partial charge >= 0.3 is 0 Å². The second-order valence-electron chi connectivity index (χ2n) is 9.74. The number of unbranched alkanes of at least 4 members (excludes halogenated alkanes) is 1. The highest BCUT2D eigenvalue weighted by Gasteiger charge is 2.32. The van der Waals surface area contributed by atoms with E-state index in [1.807, 2.05) is 26.8 Å². The first-order chi connectivity index (χ1) is 18.9. The van der Waals surface area contributed by atoms with Gasteiger partial charge in [0.05, 0.1) is 10.6 Å². The summed E-state index contributed by atoms with van der Waals surface area (Å²) in [5.74, 6) is -0.892. The Hall–Kier alpha value is -3.07. The summed E-state index contributed by atoms with van der Waals surface area (Å²) in [5.41, 5.74) is 2.67. The van der Waals surface area contributed by atoms with Gasteiger partial charge in [0.15, 0.2) is 0 Å². The normalized spacial score (nSPS) is 12.1. The number of amides is 2.